The zero-order chi connectivity index (χ0) is 19.1. The quantitative estimate of drug-likeness (QED) is 0.675. The Labute approximate surface area is 162 Å². The maximum absolute atomic E-state index is 5.66. The molecule has 0 bridgehead atoms. The van der Waals surface area contributed by atoms with Crippen LogP contribution in [0.3, 0.4) is 0 Å². The summed E-state index contributed by atoms with van der Waals surface area (Å²) >= 11 is 0. The van der Waals surface area contributed by atoms with Gasteiger partial charge in [-0.25, -0.2) is 0 Å². The SMILES string of the molecule is CCN1CCCC1CN(Cc1ccncc1)Cc1cccc(OC)c1OC. The van der Waals surface area contributed by atoms with E-state index in [9.17, 15) is 0 Å². The molecule has 2 aromatic rings. The van der Waals surface area contributed by atoms with Crippen molar-refractivity contribution in [1.82, 2.24) is 14.8 Å². The topological polar surface area (TPSA) is 37.8 Å². The van der Waals surface area contributed by atoms with Crippen molar-refractivity contribution in [2.75, 3.05) is 33.9 Å². The first kappa shape index (κ1) is 19.6. The molecule has 1 aliphatic heterocycles. The molecule has 0 spiro atoms. The van der Waals surface area contributed by atoms with Crippen molar-refractivity contribution in [2.45, 2.75) is 38.9 Å². The maximum Gasteiger partial charge on any atom is 0.165 e. The molecule has 146 valence electrons. The summed E-state index contributed by atoms with van der Waals surface area (Å²) in [6.07, 6.45) is 6.31. The highest BCUT2D eigenvalue weighted by Crippen LogP contribution is 2.32. The van der Waals surface area contributed by atoms with E-state index in [1.165, 1.54) is 24.9 Å². The van der Waals surface area contributed by atoms with Crippen LogP contribution >= 0.6 is 0 Å². The minimum atomic E-state index is 0.619. The molecule has 27 heavy (non-hydrogen) atoms. The minimum Gasteiger partial charge on any atom is -0.493 e. The molecule has 0 saturated carbocycles. The first-order chi connectivity index (χ1) is 13.2. The van der Waals surface area contributed by atoms with E-state index >= 15 is 0 Å². The Morgan fingerprint density at radius 3 is 2.63 bits per heavy atom. The first-order valence-electron chi connectivity index (χ1n) is 9.80. The predicted molar refractivity (Wildman–Crippen MR) is 108 cm³/mol. The van der Waals surface area contributed by atoms with Gasteiger partial charge in [-0.2, -0.15) is 0 Å². The molecule has 1 aromatic carbocycles. The summed E-state index contributed by atoms with van der Waals surface area (Å²) in [5.74, 6) is 1.62. The highest BCUT2D eigenvalue weighted by atomic mass is 16.5. The summed E-state index contributed by atoms with van der Waals surface area (Å²) in [5, 5.41) is 0. The Hall–Kier alpha value is -2.11. The molecule has 1 atom stereocenters. The van der Waals surface area contributed by atoms with Crippen LogP contribution in [0.2, 0.25) is 0 Å². The van der Waals surface area contributed by atoms with Gasteiger partial charge in [0.1, 0.15) is 0 Å². The molecular weight excluding hydrogens is 338 g/mol. The molecule has 0 radical (unpaired) electrons. The number of ether oxygens (including phenoxy) is 2. The number of hydrogen-bond donors (Lipinski definition) is 0. The van der Waals surface area contributed by atoms with Crippen molar-refractivity contribution in [3.63, 3.8) is 0 Å². The maximum atomic E-state index is 5.66. The molecule has 1 fully saturated rings. The van der Waals surface area contributed by atoms with Crippen LogP contribution in [-0.4, -0.2) is 54.7 Å². The van der Waals surface area contributed by atoms with Gasteiger partial charge in [-0.3, -0.25) is 14.8 Å². The normalized spacial score (nSPS) is 17.4. The van der Waals surface area contributed by atoms with Gasteiger partial charge in [0.2, 0.25) is 0 Å². The van der Waals surface area contributed by atoms with E-state index in [0.29, 0.717) is 6.04 Å². The second-order valence-electron chi connectivity index (χ2n) is 7.10. The highest BCUT2D eigenvalue weighted by molar-refractivity contribution is 5.46. The van der Waals surface area contributed by atoms with Gasteiger partial charge in [0, 0.05) is 43.6 Å². The fourth-order valence-corrected chi connectivity index (χ4v) is 4.07. The van der Waals surface area contributed by atoms with E-state index in [2.05, 4.69) is 39.9 Å². The Morgan fingerprint density at radius 1 is 1.11 bits per heavy atom. The average Bonchev–Trinajstić information content (AvgIpc) is 3.15. The Balaban J connectivity index is 1.81. The van der Waals surface area contributed by atoms with Crippen molar-refractivity contribution in [3.8, 4) is 11.5 Å². The van der Waals surface area contributed by atoms with Gasteiger partial charge in [0.15, 0.2) is 11.5 Å². The summed E-state index contributed by atoms with van der Waals surface area (Å²) in [6, 6.07) is 10.9. The van der Waals surface area contributed by atoms with E-state index < -0.39 is 0 Å². The van der Waals surface area contributed by atoms with Crippen molar-refractivity contribution in [2.24, 2.45) is 0 Å². The van der Waals surface area contributed by atoms with Crippen molar-refractivity contribution in [1.29, 1.82) is 0 Å². The molecule has 5 nitrogen and oxygen atoms in total. The number of likely N-dealkylation sites (tertiary alicyclic amines) is 1. The predicted octanol–water partition coefficient (Wildman–Crippen LogP) is 3.59. The van der Waals surface area contributed by atoms with Crippen LogP contribution in [0.4, 0.5) is 0 Å². The van der Waals surface area contributed by atoms with Gasteiger partial charge in [0.05, 0.1) is 14.2 Å². The minimum absolute atomic E-state index is 0.619. The molecule has 0 N–H and O–H groups in total. The van der Waals surface area contributed by atoms with E-state index in [-0.39, 0.29) is 0 Å². The van der Waals surface area contributed by atoms with Crippen LogP contribution < -0.4 is 9.47 Å². The lowest BCUT2D eigenvalue weighted by Gasteiger charge is -2.31. The number of hydrogen-bond acceptors (Lipinski definition) is 5. The second-order valence-corrected chi connectivity index (χ2v) is 7.10. The number of rotatable bonds is 9. The molecule has 2 heterocycles. The Morgan fingerprint density at radius 2 is 1.93 bits per heavy atom. The van der Waals surface area contributed by atoms with Crippen molar-refractivity contribution < 1.29 is 9.47 Å². The monoisotopic (exact) mass is 369 g/mol. The van der Waals surface area contributed by atoms with Crippen molar-refractivity contribution >= 4 is 0 Å². The van der Waals surface area contributed by atoms with Gasteiger partial charge in [0.25, 0.3) is 0 Å². The molecule has 1 saturated heterocycles. The lowest BCUT2D eigenvalue weighted by atomic mass is 10.1. The lowest BCUT2D eigenvalue weighted by Crippen LogP contribution is -2.39. The third-order valence-electron chi connectivity index (χ3n) is 5.41. The zero-order valence-electron chi connectivity index (χ0n) is 16.7. The fourth-order valence-electron chi connectivity index (χ4n) is 4.07. The third-order valence-corrected chi connectivity index (χ3v) is 5.41. The average molecular weight is 370 g/mol. The van der Waals surface area contributed by atoms with Crippen LogP contribution in [-0.2, 0) is 13.1 Å². The Kier molecular flexibility index (Phi) is 7.07. The van der Waals surface area contributed by atoms with Crippen molar-refractivity contribution in [3.05, 3.63) is 53.9 Å². The highest BCUT2D eigenvalue weighted by Gasteiger charge is 2.26. The summed E-state index contributed by atoms with van der Waals surface area (Å²) in [5.41, 5.74) is 2.44. The number of methoxy groups -OCH3 is 2. The van der Waals surface area contributed by atoms with Gasteiger partial charge in [-0.15, -0.1) is 0 Å². The van der Waals surface area contributed by atoms with Crippen LogP contribution in [0.1, 0.15) is 30.9 Å². The molecule has 1 unspecified atom stereocenters. The fraction of sp³-hybridized carbons (Fsp3) is 0.500. The van der Waals surface area contributed by atoms with E-state index in [1.54, 1.807) is 14.2 Å². The van der Waals surface area contributed by atoms with Crippen LogP contribution in [0.25, 0.3) is 0 Å². The number of pyridine rings is 1. The molecule has 1 aromatic heterocycles. The van der Waals surface area contributed by atoms with E-state index in [0.717, 1.165) is 43.2 Å². The number of nitrogens with zero attached hydrogens (tertiary/aromatic N) is 3. The van der Waals surface area contributed by atoms with Crippen LogP contribution in [0, 0.1) is 0 Å². The first-order valence-corrected chi connectivity index (χ1v) is 9.80. The van der Waals surface area contributed by atoms with Crippen LogP contribution in [0.5, 0.6) is 11.5 Å². The molecule has 5 heteroatoms. The van der Waals surface area contributed by atoms with Gasteiger partial charge < -0.3 is 9.47 Å². The summed E-state index contributed by atoms with van der Waals surface area (Å²) in [4.78, 5) is 9.27. The standard InChI is InChI=1S/C22H31N3O2/c1-4-25-14-6-8-20(25)17-24(15-18-10-12-23-13-11-18)16-19-7-5-9-21(26-2)22(19)27-3/h5,7,9-13,20H,4,6,8,14-17H2,1-3H3. The number of aromatic nitrogens is 1. The van der Waals surface area contributed by atoms with Gasteiger partial charge in [-0.05, 0) is 49.7 Å². The zero-order valence-corrected chi connectivity index (χ0v) is 16.7. The molecular formula is C22H31N3O2. The second kappa shape index (κ2) is 9.72. The lowest BCUT2D eigenvalue weighted by molar-refractivity contribution is 0.164. The molecule has 0 amide bonds. The van der Waals surface area contributed by atoms with E-state index in [4.69, 9.17) is 9.47 Å². The molecule has 3 rings (SSSR count). The number of likely N-dealkylation sites (N-methyl/N-ethyl adjacent to an activating group) is 1. The number of para-hydroxylation sites is 1. The van der Waals surface area contributed by atoms with Crippen LogP contribution in [0.15, 0.2) is 42.7 Å². The Bertz CT molecular complexity index is 708. The summed E-state index contributed by atoms with van der Waals surface area (Å²) in [6.45, 7) is 7.38. The molecule has 0 aliphatic carbocycles. The third kappa shape index (κ3) is 4.99. The number of benzene rings is 1. The molecule has 1 aliphatic rings. The summed E-state index contributed by atoms with van der Waals surface area (Å²) < 4.78 is 11.1. The smallest absolute Gasteiger partial charge is 0.165 e. The van der Waals surface area contributed by atoms with Gasteiger partial charge in [-0.1, -0.05) is 19.1 Å². The van der Waals surface area contributed by atoms with Gasteiger partial charge >= 0.3 is 0 Å². The van der Waals surface area contributed by atoms with E-state index in [1.807, 2.05) is 24.5 Å². The summed E-state index contributed by atoms with van der Waals surface area (Å²) in [7, 11) is 3.40. The largest absolute Gasteiger partial charge is 0.493 e.